The lowest BCUT2D eigenvalue weighted by Crippen LogP contribution is -2.57. The number of esters is 3. The number of aromatic nitrogens is 3. The van der Waals surface area contributed by atoms with Crippen molar-refractivity contribution < 1.29 is 38.4 Å². The molecular weight excluding hydrogens is 626 g/mol. The summed E-state index contributed by atoms with van der Waals surface area (Å²) in [5.74, 6) is -1.76. The molecule has 1 unspecified atom stereocenters. The SMILES string of the molecule is O=C(CCc1c[nH]c2ccccc12)O[C@H]1[C@H](OC(=O)CCc2c[nH]c3ccccc23)COC(O)[C@@H]1OC(=O)CCc1c[nH]c2ccccc12. The fourth-order valence-corrected chi connectivity index (χ4v) is 6.50. The highest BCUT2D eigenvalue weighted by molar-refractivity contribution is 5.85. The zero-order chi connectivity index (χ0) is 33.7. The average Bonchev–Trinajstić information content (AvgIpc) is 3.85. The van der Waals surface area contributed by atoms with Crippen LogP contribution in [0.4, 0.5) is 0 Å². The van der Waals surface area contributed by atoms with Gasteiger partial charge in [0.15, 0.2) is 24.6 Å². The van der Waals surface area contributed by atoms with E-state index < -0.39 is 42.5 Å². The Morgan fingerprint density at radius 2 is 0.980 bits per heavy atom. The largest absolute Gasteiger partial charge is 0.456 e. The van der Waals surface area contributed by atoms with Crippen molar-refractivity contribution in [2.75, 3.05) is 6.61 Å². The smallest absolute Gasteiger partial charge is 0.306 e. The first-order chi connectivity index (χ1) is 23.9. The fraction of sp³-hybridized carbons (Fsp3) is 0.289. The van der Waals surface area contributed by atoms with Crippen LogP contribution >= 0.6 is 0 Å². The van der Waals surface area contributed by atoms with E-state index in [9.17, 15) is 19.5 Å². The number of aliphatic hydroxyl groups excluding tert-OH is 1. The van der Waals surface area contributed by atoms with Gasteiger partial charge in [-0.05, 0) is 54.2 Å². The molecule has 0 radical (unpaired) electrons. The van der Waals surface area contributed by atoms with E-state index in [2.05, 4.69) is 15.0 Å². The van der Waals surface area contributed by atoms with Crippen molar-refractivity contribution in [1.29, 1.82) is 0 Å². The van der Waals surface area contributed by atoms with Crippen LogP contribution in [0.2, 0.25) is 0 Å². The lowest BCUT2D eigenvalue weighted by atomic mass is 10.0. The second-order valence-electron chi connectivity index (χ2n) is 12.2. The summed E-state index contributed by atoms with van der Waals surface area (Å²) in [6, 6.07) is 23.3. The van der Waals surface area contributed by atoms with Gasteiger partial charge in [-0.2, -0.15) is 0 Å². The molecule has 1 saturated heterocycles. The second-order valence-corrected chi connectivity index (χ2v) is 12.2. The molecule has 1 aliphatic rings. The number of aliphatic hydroxyl groups is 1. The fourth-order valence-electron chi connectivity index (χ4n) is 6.50. The van der Waals surface area contributed by atoms with E-state index in [1.807, 2.05) is 91.4 Å². The molecule has 0 aliphatic carbocycles. The van der Waals surface area contributed by atoms with Gasteiger partial charge >= 0.3 is 17.9 Å². The monoisotopic (exact) mass is 663 g/mol. The molecule has 4 N–H and O–H groups in total. The number of aromatic amines is 3. The quantitative estimate of drug-likeness (QED) is 0.100. The van der Waals surface area contributed by atoms with Crippen molar-refractivity contribution in [3.63, 3.8) is 0 Å². The van der Waals surface area contributed by atoms with E-state index in [4.69, 9.17) is 18.9 Å². The summed E-state index contributed by atoms with van der Waals surface area (Å²) in [6.45, 7) is -0.246. The summed E-state index contributed by atoms with van der Waals surface area (Å²) >= 11 is 0. The maximum Gasteiger partial charge on any atom is 0.306 e. The molecule has 0 bridgehead atoms. The Balaban J connectivity index is 1.03. The third-order valence-electron chi connectivity index (χ3n) is 9.04. The second kappa shape index (κ2) is 14.4. The highest BCUT2D eigenvalue weighted by Gasteiger charge is 2.47. The van der Waals surface area contributed by atoms with Crippen LogP contribution in [0.25, 0.3) is 32.7 Å². The summed E-state index contributed by atoms with van der Waals surface area (Å²) in [4.78, 5) is 49.1. The van der Waals surface area contributed by atoms with Crippen LogP contribution in [0.15, 0.2) is 91.4 Å². The maximum absolute atomic E-state index is 13.3. The molecule has 4 atom stereocenters. The standard InChI is InChI=1S/C38H37N3O8/c42-33(16-13-23-19-39-29-10-4-1-7-26(23)29)47-32-22-46-38(45)37(49-35(44)18-15-25-21-41-31-12-6-3-9-28(25)31)36(32)48-34(43)17-14-24-20-40-30-11-5-2-8-27(24)30/h1-12,19-21,32,36-41,45H,13-18,22H2/t32-,36+,37-,38?/m1/s1. The first kappa shape index (κ1) is 32.2. The third-order valence-corrected chi connectivity index (χ3v) is 9.04. The highest BCUT2D eigenvalue weighted by atomic mass is 16.7. The van der Waals surface area contributed by atoms with Gasteiger partial charge in [0, 0.05) is 70.6 Å². The number of benzene rings is 3. The van der Waals surface area contributed by atoms with Crippen molar-refractivity contribution in [1.82, 2.24) is 15.0 Å². The number of nitrogens with one attached hydrogen (secondary N) is 3. The van der Waals surface area contributed by atoms with Crippen LogP contribution in [0.1, 0.15) is 36.0 Å². The zero-order valence-corrected chi connectivity index (χ0v) is 26.7. The predicted molar refractivity (Wildman–Crippen MR) is 181 cm³/mol. The molecule has 1 fully saturated rings. The molecule has 11 nitrogen and oxygen atoms in total. The molecule has 11 heteroatoms. The van der Waals surface area contributed by atoms with E-state index in [1.165, 1.54) is 0 Å². The van der Waals surface area contributed by atoms with Crippen LogP contribution in [0, 0.1) is 0 Å². The highest BCUT2D eigenvalue weighted by Crippen LogP contribution is 2.27. The molecule has 49 heavy (non-hydrogen) atoms. The van der Waals surface area contributed by atoms with Gasteiger partial charge in [0.05, 0.1) is 6.61 Å². The zero-order valence-electron chi connectivity index (χ0n) is 26.7. The number of aryl methyl sites for hydroxylation is 3. The first-order valence-electron chi connectivity index (χ1n) is 16.5. The normalized spacial score (nSPS) is 19.3. The van der Waals surface area contributed by atoms with Crippen molar-refractivity contribution in [2.45, 2.75) is 63.1 Å². The molecule has 1 aliphatic heterocycles. The molecule has 0 saturated carbocycles. The number of ether oxygens (including phenoxy) is 4. The van der Waals surface area contributed by atoms with Gasteiger partial charge in [-0.25, -0.2) is 0 Å². The van der Waals surface area contributed by atoms with Gasteiger partial charge in [-0.3, -0.25) is 14.4 Å². The Morgan fingerprint density at radius 3 is 1.43 bits per heavy atom. The van der Waals surface area contributed by atoms with Crippen molar-refractivity contribution >= 4 is 50.6 Å². The minimum absolute atomic E-state index is 0.00136. The Labute approximate surface area is 281 Å². The van der Waals surface area contributed by atoms with Crippen LogP contribution < -0.4 is 0 Å². The number of rotatable bonds is 12. The predicted octanol–water partition coefficient (Wildman–Crippen LogP) is 5.41. The van der Waals surface area contributed by atoms with Gasteiger partial charge < -0.3 is 39.0 Å². The summed E-state index contributed by atoms with van der Waals surface area (Å²) < 4.78 is 22.9. The third kappa shape index (κ3) is 7.23. The topological polar surface area (TPSA) is 156 Å². The Bertz CT molecular complexity index is 2090. The number of H-pyrrole nitrogens is 3. The lowest BCUT2D eigenvalue weighted by Gasteiger charge is -2.38. The number of carbonyl (C=O) groups is 3. The molecule has 0 spiro atoms. The van der Waals surface area contributed by atoms with E-state index in [0.717, 1.165) is 49.4 Å². The number of fused-ring (bicyclic) bond motifs is 3. The van der Waals surface area contributed by atoms with E-state index in [-0.39, 0.29) is 25.9 Å². The lowest BCUT2D eigenvalue weighted by molar-refractivity contribution is -0.268. The van der Waals surface area contributed by atoms with Gasteiger partial charge in [-0.15, -0.1) is 0 Å². The molecule has 3 aromatic carbocycles. The minimum atomic E-state index is -1.59. The van der Waals surface area contributed by atoms with E-state index in [1.54, 1.807) is 0 Å². The van der Waals surface area contributed by atoms with E-state index >= 15 is 0 Å². The number of para-hydroxylation sites is 3. The average molecular weight is 664 g/mol. The summed E-state index contributed by atoms with van der Waals surface area (Å²) in [6.07, 6.45) is 1.42. The van der Waals surface area contributed by atoms with Crippen molar-refractivity contribution in [2.24, 2.45) is 0 Å². The molecular formula is C38H37N3O8. The number of hydrogen-bond donors (Lipinski definition) is 4. The Kier molecular flexibility index (Phi) is 9.45. The summed E-state index contributed by atoms with van der Waals surface area (Å²) in [5, 5.41) is 13.8. The molecule has 4 heterocycles. The van der Waals surface area contributed by atoms with Gasteiger partial charge in [0.1, 0.15) is 0 Å². The van der Waals surface area contributed by atoms with Crippen LogP contribution in [0.5, 0.6) is 0 Å². The molecule has 3 aromatic heterocycles. The summed E-state index contributed by atoms with van der Waals surface area (Å²) in [5.41, 5.74) is 5.73. The molecule has 252 valence electrons. The molecule has 7 rings (SSSR count). The van der Waals surface area contributed by atoms with E-state index in [0.29, 0.717) is 19.3 Å². The Morgan fingerprint density at radius 1 is 0.592 bits per heavy atom. The Hall–Kier alpha value is -5.39. The van der Waals surface area contributed by atoms with Gasteiger partial charge in [-0.1, -0.05) is 54.6 Å². The number of hydrogen-bond acceptors (Lipinski definition) is 8. The van der Waals surface area contributed by atoms with Crippen LogP contribution in [0.3, 0.4) is 0 Å². The van der Waals surface area contributed by atoms with Gasteiger partial charge in [0.2, 0.25) is 0 Å². The molecule has 0 amide bonds. The maximum atomic E-state index is 13.3. The number of carbonyl (C=O) groups excluding carboxylic acids is 3. The van der Waals surface area contributed by atoms with Crippen molar-refractivity contribution in [3.05, 3.63) is 108 Å². The molecule has 6 aromatic rings. The van der Waals surface area contributed by atoms with Gasteiger partial charge in [0.25, 0.3) is 0 Å². The van der Waals surface area contributed by atoms with Crippen LogP contribution in [-0.4, -0.2) is 69.2 Å². The minimum Gasteiger partial charge on any atom is -0.456 e. The summed E-state index contributed by atoms with van der Waals surface area (Å²) in [7, 11) is 0. The first-order valence-corrected chi connectivity index (χ1v) is 16.5. The van der Waals surface area contributed by atoms with Crippen LogP contribution in [-0.2, 0) is 52.6 Å². The van der Waals surface area contributed by atoms with Crippen molar-refractivity contribution in [3.8, 4) is 0 Å².